The van der Waals surface area contributed by atoms with Crippen LogP contribution >= 0.6 is 22.7 Å². The molecule has 0 aliphatic carbocycles. The summed E-state index contributed by atoms with van der Waals surface area (Å²) in [7, 11) is 0. The van der Waals surface area contributed by atoms with E-state index in [0.717, 1.165) is 9.88 Å². The third-order valence-corrected chi connectivity index (χ3v) is 8.30. The van der Waals surface area contributed by atoms with Crippen molar-refractivity contribution in [3.63, 3.8) is 0 Å². The number of pyridine rings is 1. The van der Waals surface area contributed by atoms with E-state index in [1.165, 1.54) is 16.2 Å². The molecule has 0 saturated carbocycles. The lowest BCUT2D eigenvalue weighted by molar-refractivity contribution is -0.134. The Hall–Kier alpha value is -3.11. The van der Waals surface area contributed by atoms with E-state index >= 15 is 0 Å². The first-order chi connectivity index (χ1) is 16.5. The molecule has 3 aromatic rings. The van der Waals surface area contributed by atoms with E-state index in [-0.39, 0.29) is 23.8 Å². The zero-order valence-electron chi connectivity index (χ0n) is 18.8. The molecule has 10 heteroatoms. The summed E-state index contributed by atoms with van der Waals surface area (Å²) in [6, 6.07) is 9.02. The van der Waals surface area contributed by atoms with Crippen molar-refractivity contribution < 1.29 is 14.4 Å². The van der Waals surface area contributed by atoms with E-state index in [4.69, 9.17) is 0 Å². The number of nitrogens with zero attached hydrogens (tertiary/aromatic N) is 4. The van der Waals surface area contributed by atoms with Gasteiger partial charge in [0.25, 0.3) is 11.8 Å². The fraction of sp³-hybridized carbons (Fsp3) is 0.375. The number of aryl methyl sites for hydroxylation is 1. The van der Waals surface area contributed by atoms with Gasteiger partial charge in [-0.2, -0.15) is 0 Å². The standard InChI is InChI=1S/C24H25N5O3S2/c1-16-26-19(15-34-16)21(30)28-11-7-17(8-12-28)24(20-6-2-3-10-25-20)22(31)29(23(32)27-24)13-9-18-5-4-14-33-18/h2-6,10,14-15,17H,7-9,11-13H2,1H3,(H,27,32)/t24-/m0/s1. The van der Waals surface area contributed by atoms with Gasteiger partial charge >= 0.3 is 6.03 Å². The number of nitrogens with one attached hydrogen (secondary N) is 1. The van der Waals surface area contributed by atoms with Crippen LogP contribution in [0.4, 0.5) is 4.79 Å². The van der Waals surface area contributed by atoms with Crippen LogP contribution in [-0.4, -0.2) is 57.2 Å². The maximum Gasteiger partial charge on any atom is 0.325 e. The predicted octanol–water partition coefficient (Wildman–Crippen LogP) is 3.45. The maximum atomic E-state index is 13.9. The molecule has 1 atom stereocenters. The molecule has 0 aromatic carbocycles. The molecule has 5 rings (SSSR count). The first kappa shape index (κ1) is 22.7. The highest BCUT2D eigenvalue weighted by Crippen LogP contribution is 2.41. The molecule has 0 radical (unpaired) electrons. The van der Waals surface area contributed by atoms with E-state index in [0.29, 0.717) is 50.3 Å². The zero-order valence-corrected chi connectivity index (χ0v) is 20.4. The smallest absolute Gasteiger partial charge is 0.325 e. The summed E-state index contributed by atoms with van der Waals surface area (Å²) in [5, 5.41) is 7.65. The van der Waals surface area contributed by atoms with Gasteiger partial charge in [0.15, 0.2) is 5.54 Å². The number of thiophene rings is 1. The van der Waals surface area contributed by atoms with Gasteiger partial charge in [-0.1, -0.05) is 12.1 Å². The van der Waals surface area contributed by atoms with E-state index in [1.807, 2.05) is 30.5 Å². The highest BCUT2D eigenvalue weighted by Gasteiger charge is 2.58. The summed E-state index contributed by atoms with van der Waals surface area (Å²) < 4.78 is 0. The highest BCUT2D eigenvalue weighted by atomic mass is 32.1. The Balaban J connectivity index is 1.37. The number of hydrogen-bond donors (Lipinski definition) is 1. The molecule has 8 nitrogen and oxygen atoms in total. The van der Waals surface area contributed by atoms with Crippen LogP contribution in [0.2, 0.25) is 0 Å². The number of imide groups is 1. The first-order valence-electron chi connectivity index (χ1n) is 11.3. The molecular weight excluding hydrogens is 470 g/mol. The molecule has 5 heterocycles. The Morgan fingerprint density at radius 2 is 2.00 bits per heavy atom. The van der Waals surface area contributed by atoms with Crippen LogP contribution in [0, 0.1) is 12.8 Å². The van der Waals surface area contributed by atoms with E-state index in [9.17, 15) is 14.4 Å². The van der Waals surface area contributed by atoms with Crippen molar-refractivity contribution in [2.45, 2.75) is 31.7 Å². The molecule has 2 aliphatic heterocycles. The Labute approximate surface area is 205 Å². The summed E-state index contributed by atoms with van der Waals surface area (Å²) in [6.45, 7) is 3.18. The molecule has 0 bridgehead atoms. The third kappa shape index (κ3) is 4.01. The molecule has 2 aliphatic rings. The lowest BCUT2D eigenvalue weighted by Gasteiger charge is -2.40. The molecule has 3 aromatic heterocycles. The Morgan fingerprint density at radius 1 is 1.18 bits per heavy atom. The monoisotopic (exact) mass is 495 g/mol. The van der Waals surface area contributed by atoms with Gasteiger partial charge in [-0.3, -0.25) is 19.5 Å². The number of aromatic nitrogens is 2. The highest BCUT2D eigenvalue weighted by molar-refractivity contribution is 7.10. The fourth-order valence-corrected chi connectivity index (χ4v) is 6.15. The summed E-state index contributed by atoms with van der Waals surface area (Å²) in [6.07, 6.45) is 3.43. The average molecular weight is 496 g/mol. The van der Waals surface area contributed by atoms with Crippen LogP contribution in [0.15, 0.2) is 47.3 Å². The van der Waals surface area contributed by atoms with Crippen LogP contribution in [-0.2, 0) is 16.8 Å². The van der Waals surface area contributed by atoms with Gasteiger partial charge in [0.1, 0.15) is 5.69 Å². The van der Waals surface area contributed by atoms with E-state index < -0.39 is 5.54 Å². The van der Waals surface area contributed by atoms with Crippen molar-refractivity contribution >= 4 is 40.5 Å². The van der Waals surface area contributed by atoms with Crippen molar-refractivity contribution in [3.8, 4) is 0 Å². The van der Waals surface area contributed by atoms with Crippen molar-refractivity contribution in [1.82, 2.24) is 25.1 Å². The molecule has 34 heavy (non-hydrogen) atoms. The minimum absolute atomic E-state index is 0.0888. The van der Waals surface area contributed by atoms with Gasteiger partial charge in [0.2, 0.25) is 0 Å². The summed E-state index contributed by atoms with van der Waals surface area (Å²) in [5.74, 6) is -0.520. The Kier molecular flexibility index (Phi) is 6.18. The number of carbonyl (C=O) groups excluding carboxylic acids is 3. The minimum Gasteiger partial charge on any atom is -0.337 e. The lowest BCUT2D eigenvalue weighted by Crippen LogP contribution is -2.54. The van der Waals surface area contributed by atoms with Crippen LogP contribution < -0.4 is 5.32 Å². The second kappa shape index (κ2) is 9.27. The quantitative estimate of drug-likeness (QED) is 0.529. The Bertz CT molecular complexity index is 1190. The number of rotatable bonds is 6. The van der Waals surface area contributed by atoms with Crippen molar-refractivity contribution in [2.75, 3.05) is 19.6 Å². The molecule has 2 fully saturated rings. The number of likely N-dealkylation sites (tertiary alicyclic amines) is 1. The predicted molar refractivity (Wildman–Crippen MR) is 130 cm³/mol. The number of piperidine rings is 1. The molecule has 2 saturated heterocycles. The van der Waals surface area contributed by atoms with E-state index in [2.05, 4.69) is 15.3 Å². The molecular formula is C24H25N5O3S2. The van der Waals surface area contributed by atoms with Crippen molar-refractivity contribution in [2.24, 2.45) is 5.92 Å². The number of thiazole rings is 1. The van der Waals surface area contributed by atoms with Gasteiger partial charge in [0.05, 0.1) is 10.7 Å². The number of urea groups is 1. The molecule has 0 spiro atoms. The normalized spacial score (nSPS) is 21.2. The van der Waals surface area contributed by atoms with Gasteiger partial charge in [-0.25, -0.2) is 9.78 Å². The topological polar surface area (TPSA) is 95.5 Å². The largest absolute Gasteiger partial charge is 0.337 e. The number of amides is 4. The van der Waals surface area contributed by atoms with E-state index in [1.54, 1.807) is 39.9 Å². The third-order valence-electron chi connectivity index (χ3n) is 6.60. The van der Waals surface area contributed by atoms with Crippen molar-refractivity contribution in [3.05, 3.63) is 68.6 Å². The summed E-state index contributed by atoms with van der Waals surface area (Å²) >= 11 is 3.07. The Morgan fingerprint density at radius 3 is 2.65 bits per heavy atom. The average Bonchev–Trinajstić information content (AvgIpc) is 3.59. The molecule has 176 valence electrons. The summed E-state index contributed by atoms with van der Waals surface area (Å²) in [5.41, 5.74) is -0.211. The van der Waals surface area contributed by atoms with Gasteiger partial charge in [-0.15, -0.1) is 22.7 Å². The summed E-state index contributed by atoms with van der Waals surface area (Å²) in [4.78, 5) is 52.8. The molecule has 4 amide bonds. The van der Waals surface area contributed by atoms with Crippen LogP contribution in [0.25, 0.3) is 0 Å². The second-order valence-corrected chi connectivity index (χ2v) is 10.7. The first-order valence-corrected chi connectivity index (χ1v) is 13.0. The SMILES string of the molecule is Cc1nc(C(=O)N2CCC([C@@]3(c4ccccn4)NC(=O)N(CCc4cccs4)C3=O)CC2)cs1. The lowest BCUT2D eigenvalue weighted by atomic mass is 9.75. The second-order valence-electron chi connectivity index (χ2n) is 8.56. The fourth-order valence-electron chi connectivity index (χ4n) is 4.87. The van der Waals surface area contributed by atoms with Gasteiger partial charge in [0, 0.05) is 42.0 Å². The van der Waals surface area contributed by atoms with Gasteiger partial charge in [-0.05, 0) is 49.8 Å². The minimum atomic E-state index is -1.22. The van der Waals surface area contributed by atoms with Crippen molar-refractivity contribution in [1.29, 1.82) is 0 Å². The van der Waals surface area contributed by atoms with Crippen LogP contribution in [0.3, 0.4) is 0 Å². The van der Waals surface area contributed by atoms with Crippen LogP contribution in [0.5, 0.6) is 0 Å². The number of carbonyl (C=O) groups is 3. The zero-order chi connectivity index (χ0) is 23.7. The molecule has 0 unspecified atom stereocenters. The number of hydrogen-bond acceptors (Lipinski definition) is 7. The maximum absolute atomic E-state index is 13.9. The van der Waals surface area contributed by atoms with Crippen LogP contribution in [0.1, 0.15) is 38.9 Å². The molecule has 1 N–H and O–H groups in total. The van der Waals surface area contributed by atoms with Gasteiger partial charge < -0.3 is 10.2 Å².